The van der Waals surface area contributed by atoms with Crippen LogP contribution in [0.2, 0.25) is 0 Å². The van der Waals surface area contributed by atoms with Gasteiger partial charge in [-0.25, -0.2) is 0 Å². The molecule has 3 aromatic carbocycles. The van der Waals surface area contributed by atoms with Gasteiger partial charge in [-0.05, 0) is 67.3 Å². The topological polar surface area (TPSA) is 114 Å². The van der Waals surface area contributed by atoms with Crippen molar-refractivity contribution in [2.24, 2.45) is 0 Å². The number of rotatable bonds is 9. The lowest BCUT2D eigenvalue weighted by molar-refractivity contribution is -0.384. The Bertz CT molecular complexity index is 1380. The Balaban J connectivity index is 1.86. The number of nitro groups is 1. The maximum Gasteiger partial charge on any atom is 0.269 e. The number of hydrogen-bond acceptors (Lipinski definition) is 6. The molecule has 8 nitrogen and oxygen atoms in total. The maximum absolute atomic E-state index is 12.8. The first-order chi connectivity index (χ1) is 17.2. The lowest BCUT2D eigenvalue weighted by Gasteiger charge is -2.14. The van der Waals surface area contributed by atoms with E-state index >= 15 is 0 Å². The standard InChI is InChI=1S/C27H24BrN3O5/c1-4-35-25-13-20(12-21(15-29)27(32)30-24-10-17(2)8-9-18(24)3)23(28)14-26(25)36-16-19-6-5-7-22(11-19)31(33)34/h5-14H,4,16H2,1-3H3,(H,30,32)/b21-12+. The monoisotopic (exact) mass is 549 g/mol. The Morgan fingerprint density at radius 1 is 1.14 bits per heavy atom. The minimum atomic E-state index is -0.526. The first kappa shape index (κ1) is 26.4. The number of hydrogen-bond donors (Lipinski definition) is 1. The molecule has 9 heteroatoms. The summed E-state index contributed by atoms with van der Waals surface area (Å²) in [5, 5.41) is 23.5. The molecule has 0 aliphatic carbocycles. The number of non-ortho nitro benzene ring substituents is 1. The first-order valence-corrected chi connectivity index (χ1v) is 11.8. The molecule has 1 N–H and O–H groups in total. The molecule has 0 spiro atoms. The number of carbonyl (C=O) groups is 1. The van der Waals surface area contributed by atoms with Crippen LogP contribution in [0.5, 0.6) is 11.5 Å². The highest BCUT2D eigenvalue weighted by Gasteiger charge is 2.15. The minimum Gasteiger partial charge on any atom is -0.490 e. The number of halogens is 1. The zero-order valence-corrected chi connectivity index (χ0v) is 21.6. The van der Waals surface area contributed by atoms with Crippen molar-refractivity contribution in [3.8, 4) is 17.6 Å². The van der Waals surface area contributed by atoms with Crippen molar-refractivity contribution in [3.05, 3.63) is 97.0 Å². The summed E-state index contributed by atoms with van der Waals surface area (Å²) in [6, 6.07) is 17.2. The average molecular weight is 550 g/mol. The van der Waals surface area contributed by atoms with Gasteiger partial charge in [0.2, 0.25) is 0 Å². The molecule has 0 radical (unpaired) electrons. The highest BCUT2D eigenvalue weighted by molar-refractivity contribution is 9.10. The van der Waals surface area contributed by atoms with Crippen molar-refractivity contribution in [2.45, 2.75) is 27.4 Å². The van der Waals surface area contributed by atoms with Crippen LogP contribution < -0.4 is 14.8 Å². The highest BCUT2D eigenvalue weighted by Crippen LogP contribution is 2.35. The Labute approximate surface area is 217 Å². The number of anilines is 1. The molecule has 0 aromatic heterocycles. The molecule has 0 bridgehead atoms. The van der Waals surface area contributed by atoms with E-state index in [0.29, 0.717) is 39.4 Å². The quantitative estimate of drug-likeness (QED) is 0.141. The number of nitrogens with one attached hydrogen (secondary N) is 1. The van der Waals surface area contributed by atoms with Crippen LogP contribution in [0.25, 0.3) is 6.08 Å². The van der Waals surface area contributed by atoms with Crippen LogP contribution in [0.4, 0.5) is 11.4 Å². The molecule has 1 amide bonds. The van der Waals surface area contributed by atoms with Crippen molar-refractivity contribution >= 4 is 39.3 Å². The number of nitrogens with zero attached hydrogens (tertiary/aromatic N) is 2. The Morgan fingerprint density at radius 3 is 2.58 bits per heavy atom. The normalized spacial score (nSPS) is 10.9. The number of amides is 1. The summed E-state index contributed by atoms with van der Waals surface area (Å²) in [4.78, 5) is 23.4. The fourth-order valence-electron chi connectivity index (χ4n) is 3.33. The van der Waals surface area contributed by atoms with E-state index in [4.69, 9.17) is 9.47 Å². The lowest BCUT2D eigenvalue weighted by atomic mass is 10.1. The molecule has 36 heavy (non-hydrogen) atoms. The number of nitro benzene ring substituents is 1. The third kappa shape index (κ3) is 6.71. The van der Waals surface area contributed by atoms with Crippen molar-refractivity contribution in [2.75, 3.05) is 11.9 Å². The zero-order chi connectivity index (χ0) is 26.2. The number of aryl methyl sites for hydroxylation is 2. The molecule has 3 aromatic rings. The molecule has 0 heterocycles. The number of carbonyl (C=O) groups excluding carboxylic acids is 1. The summed E-state index contributed by atoms with van der Waals surface area (Å²) in [6.07, 6.45) is 1.47. The molecule has 0 unspecified atom stereocenters. The molecule has 0 fully saturated rings. The van der Waals surface area contributed by atoms with Gasteiger partial charge in [0, 0.05) is 22.3 Å². The van der Waals surface area contributed by atoms with Crippen LogP contribution in [0.1, 0.15) is 29.2 Å². The predicted octanol–water partition coefficient (Wildman–Crippen LogP) is 6.50. The van der Waals surface area contributed by atoms with Crippen LogP contribution in [-0.4, -0.2) is 17.4 Å². The number of ether oxygens (including phenoxy) is 2. The number of nitriles is 1. The van der Waals surface area contributed by atoms with E-state index in [0.717, 1.165) is 11.1 Å². The second-order valence-electron chi connectivity index (χ2n) is 7.91. The molecule has 0 aliphatic rings. The van der Waals surface area contributed by atoms with E-state index in [1.54, 1.807) is 24.3 Å². The van der Waals surface area contributed by atoms with Crippen molar-refractivity contribution in [1.82, 2.24) is 0 Å². The fraction of sp³-hybridized carbons (Fsp3) is 0.185. The maximum atomic E-state index is 12.8. The molecule has 0 saturated heterocycles. The summed E-state index contributed by atoms with van der Waals surface area (Å²) in [7, 11) is 0. The molecule has 0 aliphatic heterocycles. The number of benzene rings is 3. The van der Waals surface area contributed by atoms with Crippen molar-refractivity contribution in [3.63, 3.8) is 0 Å². The van der Waals surface area contributed by atoms with Crippen LogP contribution in [0.15, 0.2) is 64.6 Å². The second kappa shape index (κ2) is 12.0. The second-order valence-corrected chi connectivity index (χ2v) is 8.77. The van der Waals surface area contributed by atoms with E-state index in [1.807, 2.05) is 45.0 Å². The van der Waals surface area contributed by atoms with E-state index in [-0.39, 0.29) is 17.9 Å². The van der Waals surface area contributed by atoms with Gasteiger partial charge in [0.05, 0.1) is 11.5 Å². The van der Waals surface area contributed by atoms with E-state index < -0.39 is 10.8 Å². The van der Waals surface area contributed by atoms with Gasteiger partial charge in [-0.15, -0.1) is 0 Å². The summed E-state index contributed by atoms with van der Waals surface area (Å²) in [5.74, 6) is 0.289. The Kier molecular flexibility index (Phi) is 8.81. The SMILES string of the molecule is CCOc1cc(/C=C(\C#N)C(=O)Nc2cc(C)ccc2C)c(Br)cc1OCc1cccc([N+](=O)[O-])c1. The van der Waals surface area contributed by atoms with E-state index in [9.17, 15) is 20.2 Å². The fourth-order valence-corrected chi connectivity index (χ4v) is 3.76. The van der Waals surface area contributed by atoms with Crippen LogP contribution in [0.3, 0.4) is 0 Å². The first-order valence-electron chi connectivity index (χ1n) is 11.0. The van der Waals surface area contributed by atoms with Crippen LogP contribution in [-0.2, 0) is 11.4 Å². The summed E-state index contributed by atoms with van der Waals surface area (Å²) in [5.41, 5.74) is 3.59. The van der Waals surface area contributed by atoms with Crippen LogP contribution in [0, 0.1) is 35.3 Å². The van der Waals surface area contributed by atoms with Gasteiger partial charge in [0.25, 0.3) is 11.6 Å². The summed E-state index contributed by atoms with van der Waals surface area (Å²) >= 11 is 3.47. The largest absolute Gasteiger partial charge is 0.490 e. The Morgan fingerprint density at radius 2 is 1.89 bits per heavy atom. The van der Waals surface area contributed by atoms with Gasteiger partial charge in [0.15, 0.2) is 11.5 Å². The van der Waals surface area contributed by atoms with Gasteiger partial charge >= 0.3 is 0 Å². The molecular weight excluding hydrogens is 526 g/mol. The van der Waals surface area contributed by atoms with E-state index in [1.165, 1.54) is 18.2 Å². The lowest BCUT2D eigenvalue weighted by Crippen LogP contribution is -2.14. The van der Waals surface area contributed by atoms with Crippen molar-refractivity contribution in [1.29, 1.82) is 5.26 Å². The van der Waals surface area contributed by atoms with Gasteiger partial charge in [-0.1, -0.05) is 40.2 Å². The minimum absolute atomic E-state index is 0.0223. The van der Waals surface area contributed by atoms with Crippen LogP contribution >= 0.6 is 15.9 Å². The molecule has 184 valence electrons. The highest BCUT2D eigenvalue weighted by atomic mass is 79.9. The third-order valence-electron chi connectivity index (χ3n) is 5.18. The van der Waals surface area contributed by atoms with Crippen molar-refractivity contribution < 1.29 is 19.2 Å². The summed E-state index contributed by atoms with van der Waals surface area (Å²) in [6.45, 7) is 6.06. The predicted molar refractivity (Wildman–Crippen MR) is 141 cm³/mol. The molecular formula is C27H24BrN3O5. The smallest absolute Gasteiger partial charge is 0.269 e. The van der Waals surface area contributed by atoms with Gasteiger partial charge < -0.3 is 14.8 Å². The third-order valence-corrected chi connectivity index (χ3v) is 5.87. The van der Waals surface area contributed by atoms with E-state index in [2.05, 4.69) is 21.2 Å². The average Bonchev–Trinajstić information content (AvgIpc) is 2.85. The molecule has 3 rings (SSSR count). The molecule has 0 atom stereocenters. The Hall–Kier alpha value is -4.16. The molecule has 0 saturated carbocycles. The summed E-state index contributed by atoms with van der Waals surface area (Å²) < 4.78 is 12.2. The van der Waals surface area contributed by atoms with Gasteiger partial charge in [-0.3, -0.25) is 14.9 Å². The van der Waals surface area contributed by atoms with Gasteiger partial charge in [-0.2, -0.15) is 5.26 Å². The zero-order valence-electron chi connectivity index (χ0n) is 20.0. The van der Waals surface area contributed by atoms with Gasteiger partial charge in [0.1, 0.15) is 18.2 Å².